The Morgan fingerprint density at radius 2 is 1.90 bits per heavy atom. The molecule has 0 saturated heterocycles. The third-order valence-electron chi connectivity index (χ3n) is 4.37. The minimum atomic E-state index is -4.36. The maximum atomic E-state index is 12.8. The van der Waals surface area contributed by atoms with E-state index in [1.54, 1.807) is 0 Å². The van der Waals surface area contributed by atoms with Gasteiger partial charge >= 0.3 is 6.18 Å². The van der Waals surface area contributed by atoms with Crippen LogP contribution in [-0.2, 0) is 11.0 Å². The lowest BCUT2D eigenvalue weighted by molar-refractivity contribution is -0.137. The average molecular weight is 283 g/mol. The maximum Gasteiger partial charge on any atom is 0.416 e. The monoisotopic (exact) mass is 283 g/mol. The fraction of sp³-hybridized carbons (Fsp3) is 0.533. The summed E-state index contributed by atoms with van der Waals surface area (Å²) in [6, 6.07) is 3.52. The fourth-order valence-corrected chi connectivity index (χ4v) is 3.32. The zero-order valence-electron chi connectivity index (χ0n) is 11.0. The number of hydrogen-bond acceptors (Lipinski definition) is 1. The van der Waals surface area contributed by atoms with Crippen molar-refractivity contribution in [3.05, 3.63) is 29.3 Å². The molecule has 1 heterocycles. The first-order valence-electron chi connectivity index (χ1n) is 6.97. The summed E-state index contributed by atoms with van der Waals surface area (Å²) in [6.45, 7) is 0. The molecule has 0 spiro atoms. The molecule has 0 bridgehead atoms. The van der Waals surface area contributed by atoms with Crippen LogP contribution in [0.25, 0.3) is 0 Å². The summed E-state index contributed by atoms with van der Waals surface area (Å²) in [6.07, 6.45) is 0.789. The third-order valence-corrected chi connectivity index (χ3v) is 4.37. The van der Waals surface area contributed by atoms with E-state index in [9.17, 15) is 18.0 Å². The first-order valence-corrected chi connectivity index (χ1v) is 6.97. The number of carbonyl (C=O) groups excluding carboxylic acids is 1. The summed E-state index contributed by atoms with van der Waals surface area (Å²) >= 11 is 0. The highest BCUT2D eigenvalue weighted by Crippen LogP contribution is 2.42. The molecule has 1 aromatic carbocycles. The molecule has 1 fully saturated rings. The summed E-state index contributed by atoms with van der Waals surface area (Å²) in [5.41, 5.74) is 0.367. The van der Waals surface area contributed by atoms with Gasteiger partial charge in [0.1, 0.15) is 0 Å². The molecule has 1 atom stereocenters. The van der Waals surface area contributed by atoms with E-state index in [0.717, 1.165) is 37.8 Å². The zero-order valence-corrected chi connectivity index (χ0v) is 11.0. The number of carbonyl (C=O) groups is 1. The van der Waals surface area contributed by atoms with E-state index in [2.05, 4.69) is 5.32 Å². The number of halogens is 3. The van der Waals surface area contributed by atoms with Gasteiger partial charge in [-0.15, -0.1) is 0 Å². The highest BCUT2D eigenvalue weighted by atomic mass is 19.4. The lowest BCUT2D eigenvalue weighted by Crippen LogP contribution is -2.15. The lowest BCUT2D eigenvalue weighted by Gasteiger charge is -2.15. The van der Waals surface area contributed by atoms with E-state index in [4.69, 9.17) is 0 Å². The summed E-state index contributed by atoms with van der Waals surface area (Å²) < 4.78 is 38.3. The Morgan fingerprint density at radius 1 is 1.20 bits per heavy atom. The van der Waals surface area contributed by atoms with Gasteiger partial charge in [0.2, 0.25) is 5.91 Å². The molecule has 2 nitrogen and oxygen atoms in total. The van der Waals surface area contributed by atoms with Crippen molar-refractivity contribution in [3.8, 4) is 0 Å². The number of nitrogens with one attached hydrogen (secondary N) is 1. The van der Waals surface area contributed by atoms with Gasteiger partial charge in [-0.1, -0.05) is 25.7 Å². The Hall–Kier alpha value is -1.52. The number of hydrogen-bond donors (Lipinski definition) is 1. The molecular weight excluding hydrogens is 267 g/mol. The number of amides is 1. The minimum Gasteiger partial charge on any atom is -0.325 e. The van der Waals surface area contributed by atoms with Gasteiger partial charge in [-0.05, 0) is 36.1 Å². The summed E-state index contributed by atoms with van der Waals surface area (Å²) in [4.78, 5) is 12.0. The van der Waals surface area contributed by atoms with Crippen LogP contribution in [0.1, 0.15) is 49.1 Å². The molecule has 1 N–H and O–H groups in total. The standard InChI is InChI=1S/C15H16F3NO/c16-15(17,18)10-5-6-13-11(8-10)12(14(20)19-13)7-9-3-1-2-4-9/h5-6,8-9,12H,1-4,7H2,(H,19,20). The van der Waals surface area contributed by atoms with Crippen LogP contribution in [0.2, 0.25) is 0 Å². The van der Waals surface area contributed by atoms with Gasteiger partial charge in [0.25, 0.3) is 0 Å². The SMILES string of the molecule is O=C1Nc2ccc(C(F)(F)F)cc2C1CC1CCCC1. The Labute approximate surface area is 115 Å². The number of fused-ring (bicyclic) bond motifs is 1. The smallest absolute Gasteiger partial charge is 0.325 e. The Bertz CT molecular complexity index is 532. The van der Waals surface area contributed by atoms with Gasteiger partial charge < -0.3 is 5.32 Å². The van der Waals surface area contributed by atoms with Crippen LogP contribution >= 0.6 is 0 Å². The maximum absolute atomic E-state index is 12.8. The van der Waals surface area contributed by atoms with Crippen molar-refractivity contribution >= 4 is 11.6 Å². The van der Waals surface area contributed by atoms with Gasteiger partial charge in [-0.3, -0.25) is 4.79 Å². The van der Waals surface area contributed by atoms with Gasteiger partial charge in [-0.2, -0.15) is 13.2 Å². The Morgan fingerprint density at radius 3 is 2.55 bits per heavy atom. The van der Waals surface area contributed by atoms with Gasteiger partial charge in [0, 0.05) is 5.69 Å². The van der Waals surface area contributed by atoms with Gasteiger partial charge in [-0.25, -0.2) is 0 Å². The molecule has 3 rings (SSSR count). The number of rotatable bonds is 2. The van der Waals surface area contributed by atoms with Crippen LogP contribution < -0.4 is 5.32 Å². The number of anilines is 1. The number of benzene rings is 1. The van der Waals surface area contributed by atoms with E-state index in [1.165, 1.54) is 6.07 Å². The first kappa shape index (κ1) is 13.5. The molecule has 1 saturated carbocycles. The van der Waals surface area contributed by atoms with E-state index in [-0.39, 0.29) is 5.91 Å². The van der Waals surface area contributed by atoms with Crippen LogP contribution in [0.5, 0.6) is 0 Å². The van der Waals surface area contributed by atoms with Crippen LogP contribution in [0, 0.1) is 5.92 Å². The quantitative estimate of drug-likeness (QED) is 0.860. The Balaban J connectivity index is 1.89. The molecule has 1 aliphatic heterocycles. The van der Waals surface area contributed by atoms with Gasteiger partial charge in [0.05, 0.1) is 11.5 Å². The summed E-state index contributed by atoms with van der Waals surface area (Å²) in [5, 5.41) is 2.69. The second-order valence-electron chi connectivity index (χ2n) is 5.73. The van der Waals surface area contributed by atoms with Crippen molar-refractivity contribution in [2.45, 2.75) is 44.2 Å². The van der Waals surface area contributed by atoms with Crippen LogP contribution in [0.15, 0.2) is 18.2 Å². The zero-order chi connectivity index (χ0) is 14.3. The average Bonchev–Trinajstić information content (AvgIpc) is 2.97. The van der Waals surface area contributed by atoms with E-state index < -0.39 is 17.7 Å². The summed E-state index contributed by atoms with van der Waals surface area (Å²) in [7, 11) is 0. The second kappa shape index (κ2) is 4.79. The van der Waals surface area contributed by atoms with Gasteiger partial charge in [0.15, 0.2) is 0 Å². The van der Waals surface area contributed by atoms with E-state index >= 15 is 0 Å². The van der Waals surface area contributed by atoms with Crippen molar-refractivity contribution in [1.82, 2.24) is 0 Å². The van der Waals surface area contributed by atoms with Crippen molar-refractivity contribution in [1.29, 1.82) is 0 Å². The molecular formula is C15H16F3NO. The van der Waals surface area contributed by atoms with E-state index in [1.807, 2.05) is 0 Å². The second-order valence-corrected chi connectivity index (χ2v) is 5.73. The molecule has 108 valence electrons. The van der Waals surface area contributed by atoms with Crippen molar-refractivity contribution in [2.75, 3.05) is 5.32 Å². The molecule has 20 heavy (non-hydrogen) atoms. The molecule has 0 radical (unpaired) electrons. The molecule has 1 amide bonds. The Kier molecular flexibility index (Phi) is 3.22. The molecule has 2 aliphatic rings. The number of alkyl halides is 3. The predicted molar refractivity (Wildman–Crippen MR) is 69.4 cm³/mol. The third kappa shape index (κ3) is 2.41. The normalized spacial score (nSPS) is 22.9. The molecule has 1 unspecified atom stereocenters. The molecule has 0 aromatic heterocycles. The highest BCUT2D eigenvalue weighted by molar-refractivity contribution is 6.02. The van der Waals surface area contributed by atoms with E-state index in [0.29, 0.717) is 23.6 Å². The molecule has 1 aromatic rings. The van der Waals surface area contributed by atoms with Crippen molar-refractivity contribution in [2.24, 2.45) is 5.92 Å². The molecule has 1 aliphatic carbocycles. The lowest BCUT2D eigenvalue weighted by atomic mass is 9.88. The minimum absolute atomic E-state index is 0.161. The highest BCUT2D eigenvalue weighted by Gasteiger charge is 2.37. The topological polar surface area (TPSA) is 29.1 Å². The van der Waals surface area contributed by atoms with Crippen LogP contribution in [0.3, 0.4) is 0 Å². The van der Waals surface area contributed by atoms with Crippen molar-refractivity contribution < 1.29 is 18.0 Å². The molecule has 5 heteroatoms. The first-order chi connectivity index (χ1) is 9.45. The van der Waals surface area contributed by atoms with Crippen LogP contribution in [-0.4, -0.2) is 5.91 Å². The fourth-order valence-electron chi connectivity index (χ4n) is 3.32. The van der Waals surface area contributed by atoms with Crippen molar-refractivity contribution in [3.63, 3.8) is 0 Å². The summed E-state index contributed by atoms with van der Waals surface area (Å²) in [5.74, 6) is -0.118. The van der Waals surface area contributed by atoms with Crippen LogP contribution in [0.4, 0.5) is 18.9 Å². The predicted octanol–water partition coefficient (Wildman–Crippen LogP) is 4.32. The largest absolute Gasteiger partial charge is 0.416 e.